The van der Waals surface area contributed by atoms with Crippen LogP contribution in [0, 0.1) is 0 Å². The number of aromatic nitrogens is 2. The van der Waals surface area contributed by atoms with Crippen molar-refractivity contribution in [2.75, 3.05) is 0 Å². The molecule has 1 aromatic heterocycles. The quantitative estimate of drug-likeness (QED) is 0.916. The Labute approximate surface area is 126 Å². The summed E-state index contributed by atoms with van der Waals surface area (Å²) < 4.78 is 0.908. The van der Waals surface area contributed by atoms with Gasteiger partial charge in [0.05, 0.1) is 5.02 Å². The van der Waals surface area contributed by atoms with Crippen LogP contribution in [-0.2, 0) is 6.54 Å². The second-order valence-electron chi connectivity index (χ2n) is 5.14. The maximum absolute atomic E-state index is 6.30. The van der Waals surface area contributed by atoms with Crippen LogP contribution in [-0.4, -0.2) is 15.7 Å². The summed E-state index contributed by atoms with van der Waals surface area (Å²) in [5.41, 5.74) is 2.99. The highest BCUT2D eigenvalue weighted by Crippen LogP contribution is 2.36. The van der Waals surface area contributed by atoms with Gasteiger partial charge in [0.1, 0.15) is 5.51 Å². The van der Waals surface area contributed by atoms with E-state index in [1.54, 1.807) is 17.3 Å². The van der Waals surface area contributed by atoms with Crippen molar-refractivity contribution in [1.29, 1.82) is 0 Å². The Hall–Kier alpha value is -0.620. The van der Waals surface area contributed by atoms with Gasteiger partial charge < -0.3 is 5.32 Å². The Kier molecular flexibility index (Phi) is 4.84. The summed E-state index contributed by atoms with van der Waals surface area (Å²) in [4.78, 5) is 1.05. The third-order valence-electron chi connectivity index (χ3n) is 2.39. The van der Waals surface area contributed by atoms with Crippen molar-refractivity contribution in [2.24, 2.45) is 0 Å². The summed E-state index contributed by atoms with van der Waals surface area (Å²) in [6.45, 7) is 7.23. The molecule has 0 atom stereocenters. The summed E-state index contributed by atoms with van der Waals surface area (Å²) in [5.74, 6) is 0. The van der Waals surface area contributed by atoms with Crippen molar-refractivity contribution in [1.82, 2.24) is 15.5 Å². The molecule has 2 aromatic rings. The molecule has 0 spiro atoms. The van der Waals surface area contributed by atoms with Gasteiger partial charge in [0.25, 0.3) is 0 Å². The SMILES string of the molecule is CC(C)(C)NCc1cccc(Cl)c1Sc1nncs1. The number of benzene rings is 1. The van der Waals surface area contributed by atoms with Crippen LogP contribution >= 0.6 is 34.7 Å². The van der Waals surface area contributed by atoms with Crippen molar-refractivity contribution >= 4 is 34.7 Å². The molecule has 6 heteroatoms. The standard InChI is InChI=1S/C13H16ClN3S2/c1-13(2,3)15-7-9-5-4-6-10(14)11(9)19-12-17-16-8-18-12/h4-6,8,15H,7H2,1-3H3. The van der Waals surface area contributed by atoms with Crippen LogP contribution in [0.5, 0.6) is 0 Å². The minimum atomic E-state index is 0.0764. The Morgan fingerprint density at radius 1 is 1.37 bits per heavy atom. The van der Waals surface area contributed by atoms with E-state index in [-0.39, 0.29) is 5.54 Å². The van der Waals surface area contributed by atoms with Gasteiger partial charge in [-0.15, -0.1) is 10.2 Å². The smallest absolute Gasteiger partial charge is 0.178 e. The predicted octanol–water partition coefficient (Wildman–Crippen LogP) is 4.23. The Morgan fingerprint density at radius 3 is 2.79 bits per heavy atom. The Morgan fingerprint density at radius 2 is 2.16 bits per heavy atom. The number of nitrogens with zero attached hydrogens (tertiary/aromatic N) is 2. The van der Waals surface area contributed by atoms with Crippen molar-refractivity contribution < 1.29 is 0 Å². The normalized spacial score (nSPS) is 11.8. The number of nitrogens with one attached hydrogen (secondary N) is 1. The maximum atomic E-state index is 6.30. The molecular formula is C13H16ClN3S2. The highest BCUT2D eigenvalue weighted by molar-refractivity contribution is 8.01. The lowest BCUT2D eigenvalue weighted by molar-refractivity contribution is 0.422. The minimum Gasteiger partial charge on any atom is -0.308 e. The van der Waals surface area contributed by atoms with Crippen LogP contribution in [0.2, 0.25) is 5.02 Å². The van der Waals surface area contributed by atoms with Gasteiger partial charge in [-0.3, -0.25) is 0 Å². The van der Waals surface area contributed by atoms with E-state index in [9.17, 15) is 0 Å². The first-order valence-corrected chi connectivity index (χ1v) is 7.99. The highest BCUT2D eigenvalue weighted by Gasteiger charge is 2.14. The van der Waals surface area contributed by atoms with Crippen LogP contribution in [0.4, 0.5) is 0 Å². The fourth-order valence-corrected chi connectivity index (χ4v) is 3.32. The van der Waals surface area contributed by atoms with Gasteiger partial charge in [-0.05, 0) is 32.4 Å². The molecule has 3 nitrogen and oxygen atoms in total. The van der Waals surface area contributed by atoms with Crippen LogP contribution in [0.3, 0.4) is 0 Å². The molecular weight excluding hydrogens is 298 g/mol. The van der Waals surface area contributed by atoms with E-state index < -0.39 is 0 Å². The fourth-order valence-electron chi connectivity index (χ4n) is 1.46. The molecule has 0 unspecified atom stereocenters. The molecule has 1 aromatic carbocycles. The topological polar surface area (TPSA) is 37.8 Å². The first-order chi connectivity index (χ1) is 8.96. The number of rotatable bonds is 4. The first kappa shape index (κ1) is 14.8. The maximum Gasteiger partial charge on any atom is 0.178 e. The molecule has 0 amide bonds. The van der Waals surface area contributed by atoms with Crippen molar-refractivity contribution in [3.05, 3.63) is 34.3 Å². The van der Waals surface area contributed by atoms with Crippen LogP contribution in [0.1, 0.15) is 26.3 Å². The molecule has 102 valence electrons. The second-order valence-corrected chi connectivity index (χ2v) is 7.64. The molecule has 0 radical (unpaired) electrons. The predicted molar refractivity (Wildman–Crippen MR) is 82.1 cm³/mol. The van der Waals surface area contributed by atoms with Gasteiger partial charge in [0, 0.05) is 17.0 Å². The second kappa shape index (κ2) is 6.22. The van der Waals surface area contributed by atoms with Crippen LogP contribution < -0.4 is 5.32 Å². The molecule has 2 rings (SSSR count). The summed E-state index contributed by atoms with van der Waals surface area (Å²) in [6, 6.07) is 5.98. The molecule has 0 saturated heterocycles. The zero-order valence-electron chi connectivity index (χ0n) is 11.1. The summed E-state index contributed by atoms with van der Waals surface area (Å²) in [6.07, 6.45) is 0. The van der Waals surface area contributed by atoms with Crippen molar-refractivity contribution in [3.8, 4) is 0 Å². The third-order valence-corrected chi connectivity index (χ3v) is 4.78. The monoisotopic (exact) mass is 313 g/mol. The summed E-state index contributed by atoms with van der Waals surface area (Å²) >= 11 is 9.40. The summed E-state index contributed by atoms with van der Waals surface area (Å²) in [5, 5.41) is 12.1. The van der Waals surface area contributed by atoms with Gasteiger partial charge in [0.15, 0.2) is 4.34 Å². The van der Waals surface area contributed by atoms with Crippen LogP contribution in [0.15, 0.2) is 32.9 Å². The van der Waals surface area contributed by atoms with Gasteiger partial charge in [-0.2, -0.15) is 0 Å². The number of hydrogen-bond acceptors (Lipinski definition) is 5. The molecule has 1 N–H and O–H groups in total. The average molecular weight is 314 g/mol. The molecule has 0 aliphatic carbocycles. The number of halogens is 1. The zero-order chi connectivity index (χ0) is 13.9. The largest absolute Gasteiger partial charge is 0.308 e. The van der Waals surface area contributed by atoms with E-state index in [0.29, 0.717) is 0 Å². The molecule has 0 saturated carbocycles. The van der Waals surface area contributed by atoms with Gasteiger partial charge in [-0.25, -0.2) is 0 Å². The molecule has 0 fully saturated rings. The molecule has 19 heavy (non-hydrogen) atoms. The lowest BCUT2D eigenvalue weighted by Gasteiger charge is -2.21. The molecule has 0 bridgehead atoms. The fraction of sp³-hybridized carbons (Fsp3) is 0.385. The molecule has 0 aliphatic heterocycles. The van der Waals surface area contributed by atoms with Gasteiger partial charge >= 0.3 is 0 Å². The Balaban J connectivity index is 2.21. The van der Waals surface area contributed by atoms with E-state index in [1.165, 1.54) is 16.9 Å². The lowest BCUT2D eigenvalue weighted by atomic mass is 10.1. The van der Waals surface area contributed by atoms with E-state index in [1.807, 2.05) is 12.1 Å². The summed E-state index contributed by atoms with van der Waals surface area (Å²) in [7, 11) is 0. The van der Waals surface area contributed by atoms with Crippen molar-refractivity contribution in [3.63, 3.8) is 0 Å². The van der Waals surface area contributed by atoms with E-state index in [4.69, 9.17) is 11.6 Å². The van der Waals surface area contributed by atoms with E-state index in [2.05, 4.69) is 42.4 Å². The average Bonchev–Trinajstić information content (AvgIpc) is 2.82. The zero-order valence-corrected chi connectivity index (χ0v) is 13.5. The van der Waals surface area contributed by atoms with Crippen LogP contribution in [0.25, 0.3) is 0 Å². The third kappa shape index (κ3) is 4.45. The first-order valence-electron chi connectivity index (χ1n) is 5.92. The molecule has 1 heterocycles. The van der Waals surface area contributed by atoms with Gasteiger partial charge in [-0.1, -0.05) is 46.8 Å². The van der Waals surface area contributed by atoms with E-state index in [0.717, 1.165) is 20.8 Å². The minimum absolute atomic E-state index is 0.0764. The highest BCUT2D eigenvalue weighted by atomic mass is 35.5. The van der Waals surface area contributed by atoms with Gasteiger partial charge in [0.2, 0.25) is 0 Å². The lowest BCUT2D eigenvalue weighted by Crippen LogP contribution is -2.35. The number of hydrogen-bond donors (Lipinski definition) is 1. The Bertz CT molecular complexity index is 535. The van der Waals surface area contributed by atoms with E-state index >= 15 is 0 Å². The molecule has 0 aliphatic rings. The van der Waals surface area contributed by atoms with Crippen molar-refractivity contribution in [2.45, 2.75) is 42.1 Å².